The van der Waals surface area contributed by atoms with Crippen LogP contribution in [0.25, 0.3) is 0 Å². The Kier molecular flexibility index (Phi) is 29.7. The molecule has 48 nitrogen and oxygen atoms in total. The SMILES string of the molecule is O=C([O-])COc1c2cc(S(=O)(=O)O)cc1Cc1cc(S(=O)(=O)O)cc(c1OCC(=O)[O-])Cc1cc(S(=O)(=O)O)cc(c1OCC(=O)[O-])Cc1cc(S(=O)(=O)O)cc(c1OCC(=O)[O-])Cc1cc(S(=O)(=O)O)cc(c1OCC(=O)[O-])Cc1cc(S(=O)(=O)O)cc(c1OCC(=O)[O-])Cc1cc(S(=O)(=O)O)cc(c1OCC(=O)[O-])Cc1cc(S(=O)(=O)O)cc(c1OCC(=O)[O-])C2. The number of benzene rings is 8. The van der Waals surface area contributed by atoms with Gasteiger partial charge in [0, 0.05) is 140 Å². The second-order valence-corrected chi connectivity index (χ2v) is 38.4. The highest BCUT2D eigenvalue weighted by Gasteiger charge is 2.34. The van der Waals surface area contributed by atoms with Gasteiger partial charge in [0.05, 0.1) is 86.9 Å². The fourth-order valence-electron chi connectivity index (χ4n) is 13.2. The maximum absolute atomic E-state index is 13.6. The smallest absolute Gasteiger partial charge is 0.294 e. The van der Waals surface area contributed by atoms with Crippen LogP contribution in [-0.2, 0) is 171 Å². The Bertz CT molecular complexity index is 5530. The summed E-state index contributed by atoms with van der Waals surface area (Å²) in [6.45, 7) is -13.8. The van der Waals surface area contributed by atoms with Crippen LogP contribution in [0.4, 0.5) is 0 Å². The zero-order valence-corrected chi connectivity index (χ0v) is 70.3. The van der Waals surface area contributed by atoms with Gasteiger partial charge in [-0.05, 0) is 97.1 Å². The van der Waals surface area contributed by atoms with Gasteiger partial charge in [0.25, 0.3) is 80.9 Å². The van der Waals surface area contributed by atoms with E-state index >= 15 is 0 Å². The number of ether oxygens (including phenoxy) is 8. The molecule has 0 aromatic heterocycles. The third kappa shape index (κ3) is 25.8. The summed E-state index contributed by atoms with van der Waals surface area (Å²) in [7, 11) is -46.8. The minimum atomic E-state index is -5.85. The van der Waals surface area contributed by atoms with Gasteiger partial charge in [-0.25, -0.2) is 0 Å². The van der Waals surface area contributed by atoms with Gasteiger partial charge in [-0.1, -0.05) is 0 Å². The van der Waals surface area contributed by atoms with Crippen LogP contribution in [0.1, 0.15) is 89.0 Å². The minimum Gasteiger partial charge on any atom is -0.546 e. The van der Waals surface area contributed by atoms with Crippen LogP contribution in [0.2, 0.25) is 0 Å². The summed E-state index contributed by atoms with van der Waals surface area (Å²) in [6, 6.07) is 5.94. The highest BCUT2D eigenvalue weighted by atomic mass is 32.2. The largest absolute Gasteiger partial charge is 0.546 e. The van der Waals surface area contributed by atoms with E-state index in [2.05, 4.69) is 0 Å². The van der Waals surface area contributed by atoms with Crippen molar-refractivity contribution in [1.29, 1.82) is 0 Å². The maximum atomic E-state index is 13.6. The average Bonchev–Trinajstić information content (AvgIpc) is 0.766. The zero-order chi connectivity index (χ0) is 95.4. The molecule has 9 rings (SSSR count). The molecule has 0 atom stereocenters. The molecule has 8 aromatic rings. The summed E-state index contributed by atoms with van der Waals surface area (Å²) in [5.74, 6) is -26.5. The van der Waals surface area contributed by atoms with Gasteiger partial charge in [0.15, 0.2) is 0 Å². The summed E-state index contributed by atoms with van der Waals surface area (Å²) < 4.78 is 349. The number of fused-ring (bicyclic) bond motifs is 16. The number of rotatable bonds is 32. The topological polar surface area (TPSA) is 830 Å². The molecule has 8 aromatic carbocycles. The fourth-order valence-corrected chi connectivity index (χ4v) is 17.9. The van der Waals surface area contributed by atoms with Crippen LogP contribution < -0.4 is 78.7 Å². The van der Waals surface area contributed by atoms with Crippen molar-refractivity contribution in [3.63, 3.8) is 0 Å². The molecule has 8 N–H and O–H groups in total. The van der Waals surface area contributed by atoms with Gasteiger partial charge < -0.3 is 117 Å². The molecule has 0 spiro atoms. The van der Waals surface area contributed by atoms with E-state index in [1.165, 1.54) is 0 Å². The Morgan fingerprint density at radius 3 is 0.305 bits per heavy atom. The Hall–Kier alpha value is -12.8. The molecular formula is C72H56O48S8-8. The molecule has 1 aliphatic rings. The van der Waals surface area contributed by atoms with E-state index in [-0.39, 0.29) is 0 Å². The normalized spacial score (nSPS) is 13.1. The average molecular weight is 1950 g/mol. The molecule has 0 aliphatic heterocycles. The van der Waals surface area contributed by atoms with Gasteiger partial charge in [-0.15, -0.1) is 0 Å². The molecule has 0 saturated heterocycles. The molecule has 0 saturated carbocycles. The fraction of sp³-hybridized carbons (Fsp3) is 0.222. The monoisotopic (exact) mass is 1940 g/mol. The summed E-state index contributed by atoms with van der Waals surface area (Å²) in [5, 5.41) is 99.9. The van der Waals surface area contributed by atoms with Crippen molar-refractivity contribution in [3.8, 4) is 46.0 Å². The summed E-state index contributed by atoms with van der Waals surface area (Å²) >= 11 is 0. The van der Waals surface area contributed by atoms with Gasteiger partial charge in [-0.3, -0.25) is 36.4 Å². The lowest BCUT2D eigenvalue weighted by atomic mass is 9.91. The molecule has 128 heavy (non-hydrogen) atoms. The number of carboxylic acid groups (broad SMARTS) is 8. The minimum absolute atomic E-state index is 0.371. The van der Waals surface area contributed by atoms with Gasteiger partial charge >= 0.3 is 0 Å². The van der Waals surface area contributed by atoms with E-state index < -0.39 is 407 Å². The summed E-state index contributed by atoms with van der Waals surface area (Å²) in [5.41, 5.74) is -15.3. The molecular weight excluding hydrogens is 1890 g/mol. The Balaban J connectivity index is 1.57. The molecule has 0 heterocycles. The predicted octanol–water partition coefficient (Wildman–Crippen LogP) is -8.27. The van der Waals surface area contributed by atoms with Crippen LogP contribution in [0.5, 0.6) is 46.0 Å². The number of carboxylic acids is 8. The first kappa shape index (κ1) is 99.0. The van der Waals surface area contributed by atoms with Crippen molar-refractivity contribution in [3.05, 3.63) is 186 Å². The number of carbonyl (C=O) groups is 8. The number of carbonyl (C=O) groups excluding carboxylic acids is 8. The molecule has 0 fully saturated rings. The second-order valence-electron chi connectivity index (χ2n) is 27.1. The van der Waals surface area contributed by atoms with Crippen LogP contribution in [0.3, 0.4) is 0 Å². The van der Waals surface area contributed by atoms with Crippen LogP contribution >= 0.6 is 0 Å². The first-order valence-corrected chi connectivity index (χ1v) is 46.2. The first-order valence-electron chi connectivity index (χ1n) is 34.7. The lowest BCUT2D eigenvalue weighted by molar-refractivity contribution is -0.308. The van der Waals surface area contributed by atoms with E-state index in [1.54, 1.807) is 0 Å². The second kappa shape index (κ2) is 38.4. The lowest BCUT2D eigenvalue weighted by Gasteiger charge is -2.24. The quantitative estimate of drug-likeness (QED) is 0.0182. The number of hydrogen-bond donors (Lipinski definition) is 8. The summed E-state index contributed by atoms with van der Waals surface area (Å²) in [4.78, 5) is 88.6. The maximum Gasteiger partial charge on any atom is 0.294 e. The van der Waals surface area contributed by atoms with Gasteiger partial charge in [0.2, 0.25) is 0 Å². The van der Waals surface area contributed by atoms with Crippen LogP contribution in [0, 0.1) is 0 Å². The predicted molar refractivity (Wildman–Crippen MR) is 397 cm³/mol. The lowest BCUT2D eigenvalue weighted by Crippen LogP contribution is -2.30. The molecule has 0 radical (unpaired) electrons. The molecule has 1 aliphatic carbocycles. The number of aliphatic carboxylic acids is 8. The van der Waals surface area contributed by atoms with E-state index in [0.717, 1.165) is 0 Å². The summed E-state index contributed by atoms with van der Waals surface area (Å²) in [6.07, 6.45) is -11.4. The van der Waals surface area contributed by atoms with Gasteiger partial charge in [0.1, 0.15) is 98.9 Å². The van der Waals surface area contributed by atoms with E-state index in [0.29, 0.717) is 97.1 Å². The van der Waals surface area contributed by atoms with E-state index in [1.807, 2.05) is 0 Å². The molecule has 16 bridgehead atoms. The van der Waals surface area contributed by atoms with Crippen LogP contribution in [-0.4, -0.2) is 204 Å². The third-order valence-electron chi connectivity index (χ3n) is 17.8. The van der Waals surface area contributed by atoms with Crippen molar-refractivity contribution in [2.24, 2.45) is 0 Å². The standard InChI is InChI=1S/C72H64O48S8/c73-57(74)25-113-65-33-1-34-10-50(122(92,93)94)12-36(66(34)114-26-58(75)76)3-38-14-52(124(98,99)100)16-40(68(38)116-28-60(79)80)5-42-18-54(126(104,105)106)20-44(70(42)118-30-62(83)84)7-46-22-56(128(110,111)112)24-48(72(46)120-32-64(87)88)8-47-23-55(127(107,108)109)21-45(71(47)119-31-63(85)86)6-43-19-53(125(101,102)103)17-41(69(43)117-29-61(81)82)4-39-15-51(123(95,96)97)13-37(67(39)115-27-59(77)78)2-35(65)11-49(9-33)121(89,90)91/h9-24H,1-8,25-32H2,(H,73,74)(H,75,76)(H,77,78)(H,79,80)(H,81,82)(H,83,84)(H,85,86)(H,87,88)(H,89,90,91)(H,92,93,94)(H,95,96,97)(H,98,99,100)(H,101,102,103)(H,104,105,106)(H,107,108,109)(H,110,111,112)/p-8. The molecule has 688 valence electrons. The van der Waals surface area contributed by atoms with Crippen LogP contribution in [0.15, 0.2) is 136 Å². The Morgan fingerprint density at radius 1 is 0.180 bits per heavy atom. The van der Waals surface area contributed by atoms with Gasteiger partial charge in [-0.2, -0.15) is 67.3 Å². The molecule has 56 heteroatoms. The molecule has 0 unspecified atom stereocenters. The Morgan fingerprint density at radius 2 is 0.250 bits per heavy atom. The molecule has 0 amide bonds. The van der Waals surface area contributed by atoms with E-state index in [4.69, 9.17) is 37.9 Å². The first-order chi connectivity index (χ1) is 59.0. The van der Waals surface area contributed by atoms with Crippen molar-refractivity contribution in [2.75, 3.05) is 52.9 Å². The van der Waals surface area contributed by atoms with E-state index in [9.17, 15) is 183 Å². The van der Waals surface area contributed by atoms with Crippen molar-refractivity contribution in [2.45, 2.75) is 90.5 Å². The van der Waals surface area contributed by atoms with Crippen molar-refractivity contribution < 1.29 is 221 Å². The highest BCUT2D eigenvalue weighted by Crippen LogP contribution is 2.46. The van der Waals surface area contributed by atoms with Crippen molar-refractivity contribution >= 4 is 129 Å². The van der Waals surface area contributed by atoms with Crippen molar-refractivity contribution in [1.82, 2.24) is 0 Å². The Labute approximate surface area is 720 Å². The third-order valence-corrected chi connectivity index (χ3v) is 24.5. The highest BCUT2D eigenvalue weighted by molar-refractivity contribution is 7.87. The number of hydrogen-bond acceptors (Lipinski definition) is 40. The zero-order valence-electron chi connectivity index (χ0n) is 63.7.